The number of rotatable bonds is 3. The van der Waals surface area contributed by atoms with Crippen LogP contribution in [0.25, 0.3) is 0 Å². The van der Waals surface area contributed by atoms with E-state index in [1.54, 1.807) is 19.1 Å². The molecule has 0 spiro atoms. The molecule has 1 aromatic carbocycles. The van der Waals surface area contributed by atoms with E-state index >= 15 is 0 Å². The van der Waals surface area contributed by atoms with Gasteiger partial charge in [0.15, 0.2) is 0 Å². The molecule has 1 unspecified atom stereocenters. The number of aryl methyl sites for hydroxylation is 1. The molecule has 0 radical (unpaired) electrons. The van der Waals surface area contributed by atoms with Crippen molar-refractivity contribution >= 4 is 0 Å². The highest BCUT2D eigenvalue weighted by Gasteiger charge is 2.25. The molecule has 0 N–H and O–H groups in total. The van der Waals surface area contributed by atoms with Crippen molar-refractivity contribution in [1.29, 1.82) is 0 Å². The maximum atomic E-state index is 13.4. The van der Waals surface area contributed by atoms with E-state index in [0.29, 0.717) is 18.3 Å². The van der Waals surface area contributed by atoms with Gasteiger partial charge in [0.25, 0.3) is 0 Å². The third kappa shape index (κ3) is 2.88. The number of aromatic nitrogens is 2. The Hall–Kier alpha value is -1.75. The number of halogens is 1. The molecule has 2 heterocycles. The highest BCUT2D eigenvalue weighted by molar-refractivity contribution is 5.20. The van der Waals surface area contributed by atoms with Gasteiger partial charge in [0.05, 0.1) is 6.54 Å². The van der Waals surface area contributed by atoms with Gasteiger partial charge >= 0.3 is 0 Å². The lowest BCUT2D eigenvalue weighted by molar-refractivity contribution is 0.127. The van der Waals surface area contributed by atoms with Crippen LogP contribution in [-0.4, -0.2) is 21.6 Å². The fourth-order valence-corrected chi connectivity index (χ4v) is 2.85. The van der Waals surface area contributed by atoms with Crippen LogP contribution in [0.15, 0.2) is 28.7 Å². The summed E-state index contributed by atoms with van der Waals surface area (Å²) in [6.45, 7) is 3.39. The minimum atomic E-state index is -0.179. The van der Waals surface area contributed by atoms with Crippen molar-refractivity contribution in [2.24, 2.45) is 0 Å². The predicted molar refractivity (Wildman–Crippen MR) is 72.4 cm³/mol. The number of piperidine rings is 1. The van der Waals surface area contributed by atoms with E-state index < -0.39 is 0 Å². The first-order valence-electron chi connectivity index (χ1n) is 7.01. The quantitative estimate of drug-likeness (QED) is 0.862. The number of hydrogen-bond donors (Lipinski definition) is 0. The van der Waals surface area contributed by atoms with E-state index in [2.05, 4.69) is 15.1 Å². The van der Waals surface area contributed by atoms with Gasteiger partial charge in [-0.25, -0.2) is 4.39 Å². The van der Waals surface area contributed by atoms with Crippen molar-refractivity contribution in [1.82, 2.24) is 15.1 Å². The van der Waals surface area contributed by atoms with Crippen molar-refractivity contribution in [3.05, 3.63) is 47.4 Å². The summed E-state index contributed by atoms with van der Waals surface area (Å²) in [6, 6.07) is 7.10. The van der Waals surface area contributed by atoms with Gasteiger partial charge in [-0.05, 0) is 37.1 Å². The molecule has 0 bridgehead atoms. The Morgan fingerprint density at radius 2 is 2.25 bits per heavy atom. The molecule has 1 aliphatic heterocycles. The van der Waals surface area contributed by atoms with Crippen LogP contribution in [0, 0.1) is 12.7 Å². The van der Waals surface area contributed by atoms with Crippen molar-refractivity contribution in [3.63, 3.8) is 0 Å². The molecular weight excluding hydrogens is 257 g/mol. The molecule has 0 saturated carbocycles. The Balaban J connectivity index is 1.80. The molecule has 1 fully saturated rings. The third-order valence-electron chi connectivity index (χ3n) is 3.75. The van der Waals surface area contributed by atoms with E-state index in [-0.39, 0.29) is 11.9 Å². The van der Waals surface area contributed by atoms with Gasteiger partial charge in [0, 0.05) is 13.0 Å². The third-order valence-corrected chi connectivity index (χ3v) is 3.75. The number of nitrogens with zero attached hydrogens (tertiary/aromatic N) is 3. The molecule has 106 valence electrons. The highest BCUT2D eigenvalue weighted by atomic mass is 19.1. The van der Waals surface area contributed by atoms with Gasteiger partial charge in [-0.15, -0.1) is 10.2 Å². The molecule has 1 aliphatic rings. The normalized spacial score (nSPS) is 20.2. The van der Waals surface area contributed by atoms with E-state index in [4.69, 9.17) is 4.42 Å². The Morgan fingerprint density at radius 3 is 3.00 bits per heavy atom. The van der Waals surface area contributed by atoms with Crippen LogP contribution in [-0.2, 0) is 6.54 Å². The van der Waals surface area contributed by atoms with Gasteiger partial charge in [0.1, 0.15) is 5.82 Å². The van der Waals surface area contributed by atoms with Crippen molar-refractivity contribution < 1.29 is 8.81 Å². The minimum absolute atomic E-state index is 0.179. The summed E-state index contributed by atoms with van der Waals surface area (Å²) in [6.07, 6.45) is 3.36. The topological polar surface area (TPSA) is 42.2 Å². The maximum absolute atomic E-state index is 13.4. The van der Waals surface area contributed by atoms with Crippen LogP contribution in [0.4, 0.5) is 4.39 Å². The summed E-state index contributed by atoms with van der Waals surface area (Å²) in [5.74, 6) is 1.03. The van der Waals surface area contributed by atoms with Crippen LogP contribution in [0.5, 0.6) is 0 Å². The second-order valence-corrected chi connectivity index (χ2v) is 5.25. The lowest BCUT2D eigenvalue weighted by Crippen LogP contribution is -2.33. The van der Waals surface area contributed by atoms with Gasteiger partial charge in [0.2, 0.25) is 11.8 Å². The second-order valence-electron chi connectivity index (χ2n) is 5.25. The van der Waals surface area contributed by atoms with Crippen LogP contribution in [0.1, 0.15) is 42.6 Å². The predicted octanol–water partition coefficient (Wildman–Crippen LogP) is 3.24. The summed E-state index contributed by atoms with van der Waals surface area (Å²) in [5, 5.41) is 7.91. The SMILES string of the molecule is Cc1nnc(CN2CCCCC2c2cccc(F)c2)o1. The van der Waals surface area contributed by atoms with Crippen LogP contribution < -0.4 is 0 Å². The van der Waals surface area contributed by atoms with Gasteiger partial charge in [-0.1, -0.05) is 18.6 Å². The number of benzene rings is 1. The largest absolute Gasteiger partial charge is 0.424 e. The fraction of sp³-hybridized carbons (Fsp3) is 0.467. The monoisotopic (exact) mass is 275 g/mol. The number of likely N-dealkylation sites (tertiary alicyclic amines) is 1. The van der Waals surface area contributed by atoms with Gasteiger partial charge in [-0.2, -0.15) is 0 Å². The van der Waals surface area contributed by atoms with Gasteiger partial charge in [-0.3, -0.25) is 4.90 Å². The first-order chi connectivity index (χ1) is 9.72. The Bertz CT molecular complexity index is 584. The van der Waals surface area contributed by atoms with Crippen LogP contribution in [0.3, 0.4) is 0 Å². The molecule has 0 amide bonds. The Labute approximate surface area is 117 Å². The summed E-state index contributed by atoms with van der Waals surface area (Å²) >= 11 is 0. The first-order valence-corrected chi connectivity index (χ1v) is 7.01. The molecule has 4 nitrogen and oxygen atoms in total. The molecular formula is C15H18FN3O. The zero-order valence-electron chi connectivity index (χ0n) is 11.6. The van der Waals surface area contributed by atoms with Crippen molar-refractivity contribution in [3.8, 4) is 0 Å². The molecule has 0 aliphatic carbocycles. The van der Waals surface area contributed by atoms with E-state index in [9.17, 15) is 4.39 Å². The van der Waals surface area contributed by atoms with Crippen LogP contribution in [0.2, 0.25) is 0 Å². The first kappa shape index (κ1) is 13.2. The Morgan fingerprint density at radius 1 is 1.35 bits per heavy atom. The second kappa shape index (κ2) is 5.71. The average Bonchev–Trinajstić information content (AvgIpc) is 2.85. The zero-order chi connectivity index (χ0) is 13.9. The number of hydrogen-bond acceptors (Lipinski definition) is 4. The van der Waals surface area contributed by atoms with Crippen molar-refractivity contribution in [2.45, 2.75) is 38.8 Å². The molecule has 5 heteroatoms. The molecule has 2 aromatic rings. The molecule has 1 atom stereocenters. The lowest BCUT2D eigenvalue weighted by atomic mass is 9.95. The molecule has 3 rings (SSSR count). The lowest BCUT2D eigenvalue weighted by Gasteiger charge is -2.35. The standard InChI is InChI=1S/C15H18FN3O/c1-11-17-18-15(20-11)10-19-8-3-2-7-14(19)12-5-4-6-13(16)9-12/h4-6,9,14H,2-3,7-8,10H2,1H3. The van der Waals surface area contributed by atoms with Crippen LogP contribution >= 0.6 is 0 Å². The van der Waals surface area contributed by atoms with E-state index in [1.807, 2.05) is 6.07 Å². The zero-order valence-corrected chi connectivity index (χ0v) is 11.6. The highest BCUT2D eigenvalue weighted by Crippen LogP contribution is 2.32. The fourth-order valence-electron chi connectivity index (χ4n) is 2.85. The summed E-state index contributed by atoms with van der Waals surface area (Å²) in [7, 11) is 0. The molecule has 1 aromatic heterocycles. The van der Waals surface area contributed by atoms with E-state index in [1.165, 1.54) is 12.5 Å². The molecule has 20 heavy (non-hydrogen) atoms. The average molecular weight is 275 g/mol. The summed E-state index contributed by atoms with van der Waals surface area (Å²) < 4.78 is 18.9. The smallest absolute Gasteiger partial charge is 0.230 e. The van der Waals surface area contributed by atoms with Gasteiger partial charge < -0.3 is 4.42 Å². The van der Waals surface area contributed by atoms with E-state index in [0.717, 1.165) is 24.9 Å². The van der Waals surface area contributed by atoms with Crippen molar-refractivity contribution in [2.75, 3.05) is 6.54 Å². The summed E-state index contributed by atoms with van der Waals surface area (Å²) in [5.41, 5.74) is 1.03. The summed E-state index contributed by atoms with van der Waals surface area (Å²) in [4.78, 5) is 2.30. The molecule has 1 saturated heterocycles. The minimum Gasteiger partial charge on any atom is -0.424 e. The Kier molecular flexibility index (Phi) is 3.78. The maximum Gasteiger partial charge on any atom is 0.230 e.